The van der Waals surface area contributed by atoms with Gasteiger partial charge in [0, 0.05) is 4.47 Å². The zero-order valence-electron chi connectivity index (χ0n) is 15.5. The van der Waals surface area contributed by atoms with E-state index in [0.29, 0.717) is 41.7 Å². The fraction of sp³-hybridized carbons (Fsp3) is 0.300. The molecule has 6 nitrogen and oxygen atoms in total. The number of amides is 1. The number of nitrogens with zero attached hydrogens (tertiary/aromatic N) is 1. The van der Waals surface area contributed by atoms with Gasteiger partial charge in [-0.25, -0.2) is 0 Å². The number of nitrogens with one attached hydrogen (secondary N) is 1. The molecule has 1 N–H and O–H groups in total. The maximum atomic E-state index is 12.5. The lowest BCUT2D eigenvalue weighted by Crippen LogP contribution is -2.15. The van der Waals surface area contributed by atoms with E-state index in [1.54, 1.807) is 30.3 Å². The molecule has 142 valence electrons. The highest BCUT2D eigenvalue weighted by Crippen LogP contribution is 2.34. The molecule has 0 spiro atoms. The van der Waals surface area contributed by atoms with Crippen molar-refractivity contribution < 1.29 is 19.0 Å². The summed E-state index contributed by atoms with van der Waals surface area (Å²) in [5.74, 6) is 1.46. The Morgan fingerprint density at radius 3 is 2.37 bits per heavy atom. The molecule has 27 heavy (non-hydrogen) atoms. The second-order valence-electron chi connectivity index (χ2n) is 5.51. The molecule has 2 rings (SSSR count). The quantitative estimate of drug-likeness (QED) is 0.671. The number of nitriles is 1. The molecular weight excluding hydrogens is 412 g/mol. The fourth-order valence-electron chi connectivity index (χ4n) is 2.49. The van der Waals surface area contributed by atoms with Gasteiger partial charge in [0.25, 0.3) is 0 Å². The zero-order chi connectivity index (χ0) is 19.8. The van der Waals surface area contributed by atoms with Crippen LogP contribution in [0.25, 0.3) is 0 Å². The topological polar surface area (TPSA) is 80.6 Å². The van der Waals surface area contributed by atoms with Gasteiger partial charge in [0.1, 0.15) is 5.75 Å². The molecule has 0 radical (unpaired) electrons. The van der Waals surface area contributed by atoms with E-state index in [2.05, 4.69) is 21.2 Å². The minimum atomic E-state index is -0.240. The van der Waals surface area contributed by atoms with E-state index >= 15 is 0 Å². The third kappa shape index (κ3) is 5.38. The smallest absolute Gasteiger partial charge is 0.228 e. The SMILES string of the molecule is CCOc1cc(Br)c(CC(=O)Nc2cc(C#N)ccc2OC)cc1OCC. The molecule has 1 amide bonds. The Labute approximate surface area is 167 Å². The van der Waals surface area contributed by atoms with Gasteiger partial charge in [0.2, 0.25) is 5.91 Å². The van der Waals surface area contributed by atoms with Gasteiger partial charge >= 0.3 is 0 Å². The van der Waals surface area contributed by atoms with Crippen LogP contribution >= 0.6 is 15.9 Å². The van der Waals surface area contributed by atoms with Gasteiger partial charge < -0.3 is 19.5 Å². The predicted octanol–water partition coefficient (Wildman–Crippen LogP) is 4.31. The molecule has 0 bridgehead atoms. The Morgan fingerprint density at radius 2 is 1.78 bits per heavy atom. The highest BCUT2D eigenvalue weighted by molar-refractivity contribution is 9.10. The van der Waals surface area contributed by atoms with Crippen molar-refractivity contribution >= 4 is 27.5 Å². The molecule has 0 fully saturated rings. The molecule has 0 aliphatic carbocycles. The van der Waals surface area contributed by atoms with Crippen molar-refractivity contribution in [2.75, 3.05) is 25.6 Å². The standard InChI is InChI=1S/C20H21BrN2O4/c1-4-26-18-9-14(15(21)11-19(18)27-5-2)10-20(24)23-16-8-13(12-22)6-7-17(16)25-3/h6-9,11H,4-5,10H2,1-3H3,(H,23,24). The fourth-order valence-corrected chi connectivity index (χ4v) is 2.95. The van der Waals surface area contributed by atoms with Crippen molar-refractivity contribution in [2.45, 2.75) is 20.3 Å². The highest BCUT2D eigenvalue weighted by Gasteiger charge is 2.15. The van der Waals surface area contributed by atoms with Gasteiger partial charge in [-0.05, 0) is 49.7 Å². The lowest BCUT2D eigenvalue weighted by molar-refractivity contribution is -0.115. The third-order valence-electron chi connectivity index (χ3n) is 3.67. The number of methoxy groups -OCH3 is 1. The Kier molecular flexibility index (Phi) is 7.50. The summed E-state index contributed by atoms with van der Waals surface area (Å²) in [6.07, 6.45) is 0.118. The van der Waals surface area contributed by atoms with Gasteiger partial charge in [0.15, 0.2) is 11.5 Å². The lowest BCUT2D eigenvalue weighted by Gasteiger charge is -2.15. The number of carbonyl (C=O) groups is 1. The molecule has 7 heteroatoms. The first-order valence-electron chi connectivity index (χ1n) is 8.48. The Morgan fingerprint density at radius 1 is 1.11 bits per heavy atom. The van der Waals surface area contributed by atoms with Crippen LogP contribution in [0.3, 0.4) is 0 Å². The molecule has 2 aromatic carbocycles. The highest BCUT2D eigenvalue weighted by atomic mass is 79.9. The molecular formula is C20H21BrN2O4. The molecule has 0 aliphatic rings. The summed E-state index contributed by atoms with van der Waals surface area (Å²) in [5, 5.41) is 11.8. The Bertz CT molecular complexity index is 862. The normalized spacial score (nSPS) is 10.0. The summed E-state index contributed by atoms with van der Waals surface area (Å²) >= 11 is 3.48. The molecule has 0 atom stereocenters. The maximum Gasteiger partial charge on any atom is 0.228 e. The number of rotatable bonds is 8. The molecule has 0 aromatic heterocycles. The van der Waals surface area contributed by atoms with Gasteiger partial charge in [-0.3, -0.25) is 4.79 Å². The molecule has 2 aromatic rings. The van der Waals surface area contributed by atoms with Crippen LogP contribution in [0.2, 0.25) is 0 Å². The number of carbonyl (C=O) groups excluding carboxylic acids is 1. The van der Waals surface area contributed by atoms with E-state index < -0.39 is 0 Å². The van der Waals surface area contributed by atoms with Crippen LogP contribution in [0.1, 0.15) is 25.0 Å². The minimum absolute atomic E-state index is 0.118. The summed E-state index contributed by atoms with van der Waals surface area (Å²) in [4.78, 5) is 12.5. The predicted molar refractivity (Wildman–Crippen MR) is 107 cm³/mol. The van der Waals surface area contributed by atoms with Crippen molar-refractivity contribution in [3.05, 3.63) is 45.9 Å². The zero-order valence-corrected chi connectivity index (χ0v) is 17.1. The number of ether oxygens (including phenoxy) is 3. The second-order valence-corrected chi connectivity index (χ2v) is 6.36. The van der Waals surface area contributed by atoms with Crippen molar-refractivity contribution in [1.29, 1.82) is 5.26 Å². The average molecular weight is 433 g/mol. The van der Waals surface area contributed by atoms with Crippen LogP contribution in [0.15, 0.2) is 34.8 Å². The van der Waals surface area contributed by atoms with Gasteiger partial charge in [-0.15, -0.1) is 0 Å². The third-order valence-corrected chi connectivity index (χ3v) is 4.40. The molecule has 0 saturated heterocycles. The summed E-state index contributed by atoms with van der Waals surface area (Å²) in [6.45, 7) is 4.79. The van der Waals surface area contributed by atoms with Crippen molar-refractivity contribution in [2.24, 2.45) is 0 Å². The number of benzene rings is 2. The summed E-state index contributed by atoms with van der Waals surface area (Å²) in [6, 6.07) is 10.5. The van der Waals surface area contributed by atoms with E-state index in [-0.39, 0.29) is 12.3 Å². The van der Waals surface area contributed by atoms with E-state index in [1.165, 1.54) is 7.11 Å². The molecule has 0 aliphatic heterocycles. The number of hydrogen-bond donors (Lipinski definition) is 1. The van der Waals surface area contributed by atoms with Crippen molar-refractivity contribution in [3.63, 3.8) is 0 Å². The summed E-state index contributed by atoms with van der Waals surface area (Å²) in [7, 11) is 1.51. The Balaban J connectivity index is 2.23. The van der Waals surface area contributed by atoms with Crippen LogP contribution < -0.4 is 19.5 Å². The monoisotopic (exact) mass is 432 g/mol. The van der Waals surface area contributed by atoms with Crippen LogP contribution in [0.4, 0.5) is 5.69 Å². The molecule has 0 saturated carbocycles. The average Bonchev–Trinajstić information content (AvgIpc) is 2.65. The minimum Gasteiger partial charge on any atom is -0.495 e. The largest absolute Gasteiger partial charge is 0.495 e. The summed E-state index contributed by atoms with van der Waals surface area (Å²) < 4.78 is 17.2. The van der Waals surface area contributed by atoms with Gasteiger partial charge in [-0.2, -0.15) is 5.26 Å². The van der Waals surface area contributed by atoms with E-state index in [9.17, 15) is 4.79 Å². The number of hydrogen-bond acceptors (Lipinski definition) is 5. The van der Waals surface area contributed by atoms with Crippen LogP contribution in [-0.2, 0) is 11.2 Å². The lowest BCUT2D eigenvalue weighted by atomic mass is 10.1. The first-order chi connectivity index (χ1) is 13.0. The number of halogens is 1. The first-order valence-corrected chi connectivity index (χ1v) is 9.27. The van der Waals surface area contributed by atoms with Crippen LogP contribution in [-0.4, -0.2) is 26.2 Å². The van der Waals surface area contributed by atoms with Crippen molar-refractivity contribution in [3.8, 4) is 23.3 Å². The van der Waals surface area contributed by atoms with E-state index in [4.69, 9.17) is 19.5 Å². The van der Waals surface area contributed by atoms with Crippen LogP contribution in [0.5, 0.6) is 17.2 Å². The Hall–Kier alpha value is -2.72. The van der Waals surface area contributed by atoms with Gasteiger partial charge in [0.05, 0.1) is 44.1 Å². The van der Waals surface area contributed by atoms with Gasteiger partial charge in [-0.1, -0.05) is 15.9 Å². The molecule has 0 heterocycles. The summed E-state index contributed by atoms with van der Waals surface area (Å²) in [5.41, 5.74) is 1.65. The van der Waals surface area contributed by atoms with Crippen LogP contribution in [0, 0.1) is 11.3 Å². The maximum absolute atomic E-state index is 12.5. The second kappa shape index (κ2) is 9.83. The van der Waals surface area contributed by atoms with E-state index in [0.717, 1.165) is 10.0 Å². The first kappa shape index (κ1) is 20.6. The van der Waals surface area contributed by atoms with E-state index in [1.807, 2.05) is 19.9 Å². The van der Waals surface area contributed by atoms with Crippen molar-refractivity contribution in [1.82, 2.24) is 0 Å². The number of anilines is 1. The molecule has 0 unspecified atom stereocenters.